The van der Waals surface area contributed by atoms with E-state index in [1.165, 1.54) is 0 Å². The van der Waals surface area contributed by atoms with Crippen molar-refractivity contribution in [3.63, 3.8) is 0 Å². The Balaban J connectivity index is 2.04. The van der Waals surface area contributed by atoms with Crippen LogP contribution in [0.15, 0.2) is 42.5 Å². The summed E-state index contributed by atoms with van der Waals surface area (Å²) in [4.78, 5) is 0. The molecule has 2 rings (SSSR count). The molecule has 0 heterocycles. The summed E-state index contributed by atoms with van der Waals surface area (Å²) in [7, 11) is 1.69. The van der Waals surface area contributed by atoms with Gasteiger partial charge >= 0.3 is 0 Å². The molecule has 0 spiro atoms. The smallest absolute Gasteiger partial charge is 0.123 e. The first-order valence-corrected chi connectivity index (χ1v) is 7.17. The molecule has 20 heavy (non-hydrogen) atoms. The van der Waals surface area contributed by atoms with E-state index in [0.29, 0.717) is 10.0 Å². The van der Waals surface area contributed by atoms with Crippen molar-refractivity contribution >= 4 is 23.2 Å². The predicted molar refractivity (Wildman–Crippen MR) is 84.7 cm³/mol. The lowest BCUT2D eigenvalue weighted by Crippen LogP contribution is -2.18. The lowest BCUT2D eigenvalue weighted by Gasteiger charge is -2.17. The maximum absolute atomic E-state index is 6.01. The summed E-state index contributed by atoms with van der Waals surface area (Å²) in [6.45, 7) is 2.82. The summed E-state index contributed by atoms with van der Waals surface area (Å²) in [6, 6.07) is 13.8. The topological polar surface area (TPSA) is 21.3 Å². The largest absolute Gasteiger partial charge is 0.496 e. The highest BCUT2D eigenvalue weighted by Gasteiger charge is 2.10. The van der Waals surface area contributed by atoms with Crippen LogP contribution in [0.5, 0.6) is 5.75 Å². The van der Waals surface area contributed by atoms with Crippen LogP contribution in [0.4, 0.5) is 0 Å². The summed E-state index contributed by atoms with van der Waals surface area (Å²) >= 11 is 11.9. The van der Waals surface area contributed by atoms with Gasteiger partial charge in [-0.3, -0.25) is 0 Å². The number of halogens is 2. The van der Waals surface area contributed by atoms with E-state index in [4.69, 9.17) is 27.9 Å². The van der Waals surface area contributed by atoms with Crippen LogP contribution in [0.1, 0.15) is 24.1 Å². The Kier molecular flexibility index (Phi) is 5.30. The zero-order chi connectivity index (χ0) is 14.5. The lowest BCUT2D eigenvalue weighted by atomic mass is 10.1. The maximum atomic E-state index is 6.01. The van der Waals surface area contributed by atoms with Crippen molar-refractivity contribution in [1.82, 2.24) is 5.32 Å². The van der Waals surface area contributed by atoms with Gasteiger partial charge in [0.2, 0.25) is 0 Å². The van der Waals surface area contributed by atoms with Crippen molar-refractivity contribution in [3.8, 4) is 5.75 Å². The third kappa shape index (κ3) is 3.66. The molecule has 0 saturated carbocycles. The fraction of sp³-hybridized carbons (Fsp3) is 0.250. The quantitative estimate of drug-likeness (QED) is 0.852. The molecule has 0 amide bonds. The van der Waals surface area contributed by atoms with E-state index in [9.17, 15) is 0 Å². The third-order valence-electron chi connectivity index (χ3n) is 3.20. The summed E-state index contributed by atoms with van der Waals surface area (Å²) in [6.07, 6.45) is 0. The second kappa shape index (κ2) is 6.98. The fourth-order valence-electron chi connectivity index (χ4n) is 2.05. The minimum Gasteiger partial charge on any atom is -0.496 e. The van der Waals surface area contributed by atoms with Gasteiger partial charge in [-0.05, 0) is 30.7 Å². The molecule has 0 fully saturated rings. The van der Waals surface area contributed by atoms with Crippen molar-refractivity contribution in [3.05, 3.63) is 63.6 Å². The van der Waals surface area contributed by atoms with E-state index in [1.807, 2.05) is 36.4 Å². The van der Waals surface area contributed by atoms with Gasteiger partial charge in [-0.25, -0.2) is 0 Å². The Labute approximate surface area is 129 Å². The van der Waals surface area contributed by atoms with Crippen molar-refractivity contribution in [1.29, 1.82) is 0 Å². The molecule has 1 N–H and O–H groups in total. The Morgan fingerprint density at radius 3 is 2.55 bits per heavy atom. The molecule has 0 saturated heterocycles. The molecule has 2 nitrogen and oxygen atoms in total. The zero-order valence-electron chi connectivity index (χ0n) is 11.5. The van der Waals surface area contributed by atoms with Crippen LogP contribution in [0.3, 0.4) is 0 Å². The molecule has 0 aromatic heterocycles. The Bertz CT molecular complexity index is 586. The van der Waals surface area contributed by atoms with Crippen LogP contribution in [0, 0.1) is 0 Å². The normalized spacial score (nSPS) is 12.2. The number of ether oxygens (including phenoxy) is 1. The third-order valence-corrected chi connectivity index (χ3v) is 3.94. The van der Waals surface area contributed by atoms with E-state index in [2.05, 4.69) is 18.3 Å². The van der Waals surface area contributed by atoms with Gasteiger partial charge in [-0.2, -0.15) is 0 Å². The van der Waals surface area contributed by atoms with Gasteiger partial charge in [0.15, 0.2) is 0 Å². The summed E-state index contributed by atoms with van der Waals surface area (Å²) in [5, 5.41) is 4.61. The molecule has 0 bridgehead atoms. The molecule has 0 aliphatic heterocycles. The summed E-state index contributed by atoms with van der Waals surface area (Å²) in [5.41, 5.74) is 2.23. The van der Waals surface area contributed by atoms with Crippen LogP contribution in [-0.4, -0.2) is 7.11 Å². The Morgan fingerprint density at radius 1 is 1.10 bits per heavy atom. The highest BCUT2D eigenvalue weighted by Crippen LogP contribution is 2.26. The van der Waals surface area contributed by atoms with Gasteiger partial charge < -0.3 is 10.1 Å². The van der Waals surface area contributed by atoms with Gasteiger partial charge in [0.05, 0.1) is 17.2 Å². The maximum Gasteiger partial charge on any atom is 0.123 e. The monoisotopic (exact) mass is 309 g/mol. The summed E-state index contributed by atoms with van der Waals surface area (Å²) < 4.78 is 5.37. The van der Waals surface area contributed by atoms with E-state index >= 15 is 0 Å². The van der Waals surface area contributed by atoms with E-state index in [1.54, 1.807) is 7.11 Å². The van der Waals surface area contributed by atoms with Crippen molar-refractivity contribution < 1.29 is 4.74 Å². The average molecular weight is 310 g/mol. The van der Waals surface area contributed by atoms with E-state index < -0.39 is 0 Å². The predicted octanol–water partition coefficient (Wildman–Crippen LogP) is 4.85. The number of hydrogen-bond donors (Lipinski definition) is 1. The van der Waals surface area contributed by atoms with Crippen molar-refractivity contribution in [2.75, 3.05) is 7.11 Å². The van der Waals surface area contributed by atoms with Gasteiger partial charge in [0.25, 0.3) is 0 Å². The van der Waals surface area contributed by atoms with Crippen LogP contribution in [0.2, 0.25) is 10.0 Å². The lowest BCUT2D eigenvalue weighted by molar-refractivity contribution is 0.401. The molecular formula is C16H17Cl2NO. The molecule has 0 aliphatic rings. The number of nitrogens with one attached hydrogen (secondary N) is 1. The number of hydrogen-bond acceptors (Lipinski definition) is 2. The number of rotatable bonds is 5. The molecule has 0 radical (unpaired) electrons. The standard InChI is InChI=1S/C16H17Cl2NO/c1-11(13-5-3-4-6-16(13)20-2)19-10-12-7-8-14(17)15(18)9-12/h3-9,11,19H,10H2,1-2H3/t11-/m1/s1. The van der Waals surface area contributed by atoms with E-state index in [0.717, 1.165) is 23.4 Å². The summed E-state index contributed by atoms with van der Waals surface area (Å²) in [5.74, 6) is 0.890. The number of methoxy groups -OCH3 is 1. The Morgan fingerprint density at radius 2 is 1.85 bits per heavy atom. The van der Waals surface area contributed by atoms with E-state index in [-0.39, 0.29) is 6.04 Å². The fourth-order valence-corrected chi connectivity index (χ4v) is 2.38. The molecule has 4 heteroatoms. The first-order valence-electron chi connectivity index (χ1n) is 6.42. The molecule has 106 valence electrons. The van der Waals surface area contributed by atoms with Crippen LogP contribution in [-0.2, 0) is 6.54 Å². The average Bonchev–Trinajstić information content (AvgIpc) is 2.48. The highest BCUT2D eigenvalue weighted by atomic mass is 35.5. The van der Waals surface area contributed by atoms with Gasteiger partial charge in [0, 0.05) is 18.2 Å². The van der Waals surface area contributed by atoms with Gasteiger partial charge in [-0.1, -0.05) is 47.5 Å². The van der Waals surface area contributed by atoms with Crippen LogP contribution < -0.4 is 10.1 Å². The first kappa shape index (κ1) is 15.2. The van der Waals surface area contributed by atoms with Crippen LogP contribution >= 0.6 is 23.2 Å². The molecule has 2 aromatic carbocycles. The molecular weight excluding hydrogens is 293 g/mol. The number of para-hydroxylation sites is 1. The minimum atomic E-state index is 0.181. The SMILES string of the molecule is COc1ccccc1[C@@H](C)NCc1ccc(Cl)c(Cl)c1. The first-order chi connectivity index (χ1) is 9.61. The second-order valence-electron chi connectivity index (χ2n) is 4.59. The Hall–Kier alpha value is -1.22. The van der Waals surface area contributed by atoms with Gasteiger partial charge in [0.1, 0.15) is 5.75 Å². The van der Waals surface area contributed by atoms with Crippen molar-refractivity contribution in [2.24, 2.45) is 0 Å². The minimum absolute atomic E-state index is 0.181. The molecule has 2 aromatic rings. The van der Waals surface area contributed by atoms with Gasteiger partial charge in [-0.15, -0.1) is 0 Å². The zero-order valence-corrected chi connectivity index (χ0v) is 13.0. The molecule has 1 atom stereocenters. The molecule has 0 aliphatic carbocycles. The van der Waals surface area contributed by atoms with Crippen molar-refractivity contribution in [2.45, 2.75) is 19.5 Å². The molecule has 0 unspecified atom stereocenters. The second-order valence-corrected chi connectivity index (χ2v) is 5.41. The number of benzene rings is 2. The van der Waals surface area contributed by atoms with Crippen LogP contribution in [0.25, 0.3) is 0 Å². The highest BCUT2D eigenvalue weighted by molar-refractivity contribution is 6.42.